The highest BCUT2D eigenvalue weighted by Crippen LogP contribution is 2.32. The van der Waals surface area contributed by atoms with Crippen LogP contribution in [0.1, 0.15) is 43.4 Å². The molecule has 1 N–H and O–H groups in total. The van der Waals surface area contributed by atoms with E-state index in [1.54, 1.807) is 6.07 Å². The Balaban J connectivity index is 2.10. The molecule has 1 aliphatic carbocycles. The number of nitriles is 1. The van der Waals surface area contributed by atoms with Gasteiger partial charge >= 0.3 is 6.18 Å². The van der Waals surface area contributed by atoms with Crippen molar-refractivity contribution in [2.45, 2.75) is 44.4 Å². The Morgan fingerprint density at radius 3 is 2.75 bits per heavy atom. The third-order valence-electron chi connectivity index (χ3n) is 3.86. The predicted molar refractivity (Wildman–Crippen MR) is 69.7 cm³/mol. The molecule has 3 unspecified atom stereocenters. The number of hydrogen-bond donors (Lipinski definition) is 1. The van der Waals surface area contributed by atoms with Gasteiger partial charge in [-0.05, 0) is 37.5 Å². The molecule has 2 nitrogen and oxygen atoms in total. The predicted octanol–water partition coefficient (Wildman–Crippen LogP) is 4.05. The summed E-state index contributed by atoms with van der Waals surface area (Å²) in [6.45, 7) is 1.84. The average molecular weight is 282 g/mol. The molecule has 1 aromatic carbocycles. The topological polar surface area (TPSA) is 35.8 Å². The van der Waals surface area contributed by atoms with Gasteiger partial charge in [-0.15, -0.1) is 0 Å². The zero-order valence-corrected chi connectivity index (χ0v) is 11.2. The lowest BCUT2D eigenvalue weighted by molar-refractivity contribution is -0.137. The fraction of sp³-hybridized carbons (Fsp3) is 0.533. The van der Waals surface area contributed by atoms with Gasteiger partial charge in [-0.25, -0.2) is 0 Å². The molecule has 1 fully saturated rings. The monoisotopic (exact) mass is 282 g/mol. The molecular weight excluding hydrogens is 265 g/mol. The number of rotatable bonds is 3. The van der Waals surface area contributed by atoms with E-state index in [2.05, 4.69) is 11.4 Å². The molecule has 0 aliphatic heterocycles. The average Bonchev–Trinajstić information content (AvgIpc) is 2.85. The molecule has 0 radical (unpaired) electrons. The van der Waals surface area contributed by atoms with E-state index in [0.29, 0.717) is 5.56 Å². The van der Waals surface area contributed by atoms with Gasteiger partial charge < -0.3 is 5.32 Å². The van der Waals surface area contributed by atoms with E-state index in [-0.39, 0.29) is 18.0 Å². The summed E-state index contributed by atoms with van der Waals surface area (Å²) in [5.41, 5.74) is -0.0321. The minimum Gasteiger partial charge on any atom is -0.306 e. The van der Waals surface area contributed by atoms with Crippen molar-refractivity contribution >= 4 is 0 Å². The minimum atomic E-state index is -4.32. The Hall–Kier alpha value is -1.54. The van der Waals surface area contributed by atoms with Crippen LogP contribution in [-0.2, 0) is 6.18 Å². The highest BCUT2D eigenvalue weighted by atomic mass is 19.4. The van der Waals surface area contributed by atoms with Crippen molar-refractivity contribution in [2.24, 2.45) is 5.92 Å². The molecule has 0 bridgehead atoms. The molecule has 0 heterocycles. The first-order chi connectivity index (χ1) is 9.41. The van der Waals surface area contributed by atoms with Crippen LogP contribution < -0.4 is 5.32 Å². The van der Waals surface area contributed by atoms with E-state index in [9.17, 15) is 13.2 Å². The van der Waals surface area contributed by atoms with Gasteiger partial charge in [0.15, 0.2) is 0 Å². The maximum Gasteiger partial charge on any atom is 0.416 e. The summed E-state index contributed by atoms with van der Waals surface area (Å²) in [5, 5.41) is 12.3. The molecule has 0 spiro atoms. The van der Waals surface area contributed by atoms with Crippen molar-refractivity contribution in [1.82, 2.24) is 5.32 Å². The van der Waals surface area contributed by atoms with E-state index < -0.39 is 11.7 Å². The first-order valence-corrected chi connectivity index (χ1v) is 6.74. The summed E-state index contributed by atoms with van der Waals surface area (Å²) in [4.78, 5) is 0. The normalized spacial score (nSPS) is 24.4. The molecule has 2 rings (SSSR count). The van der Waals surface area contributed by atoms with Crippen molar-refractivity contribution < 1.29 is 13.2 Å². The van der Waals surface area contributed by atoms with Crippen LogP contribution in [0.15, 0.2) is 24.3 Å². The Morgan fingerprint density at radius 1 is 1.35 bits per heavy atom. The third-order valence-corrected chi connectivity index (χ3v) is 3.86. The zero-order chi connectivity index (χ0) is 14.8. The first kappa shape index (κ1) is 14.9. The van der Waals surface area contributed by atoms with Crippen molar-refractivity contribution in [3.63, 3.8) is 0 Å². The Labute approximate surface area is 116 Å². The Kier molecular flexibility index (Phi) is 4.34. The fourth-order valence-electron chi connectivity index (χ4n) is 2.72. The van der Waals surface area contributed by atoms with E-state index in [0.717, 1.165) is 25.3 Å². The molecule has 0 aromatic heterocycles. The molecule has 5 heteroatoms. The van der Waals surface area contributed by atoms with Crippen LogP contribution in [-0.4, -0.2) is 6.04 Å². The maximum absolute atomic E-state index is 12.7. The summed E-state index contributed by atoms with van der Waals surface area (Å²) in [7, 11) is 0. The van der Waals surface area contributed by atoms with E-state index in [1.165, 1.54) is 12.1 Å². The SMILES string of the molecule is CC(NC1CCCC1C#N)c1cccc(C(F)(F)F)c1. The second-order valence-electron chi connectivity index (χ2n) is 5.28. The quantitative estimate of drug-likeness (QED) is 0.908. The van der Waals surface area contributed by atoms with E-state index in [4.69, 9.17) is 5.26 Å². The number of halogens is 3. The number of nitrogens with one attached hydrogen (secondary N) is 1. The van der Waals surface area contributed by atoms with Gasteiger partial charge in [0, 0.05) is 12.1 Å². The summed E-state index contributed by atoms with van der Waals surface area (Å²) in [6, 6.07) is 7.49. The molecule has 1 saturated carbocycles. The fourth-order valence-corrected chi connectivity index (χ4v) is 2.72. The van der Waals surface area contributed by atoms with Crippen molar-refractivity contribution in [1.29, 1.82) is 5.26 Å². The lowest BCUT2D eigenvalue weighted by Gasteiger charge is -2.22. The van der Waals surface area contributed by atoms with E-state index >= 15 is 0 Å². The van der Waals surface area contributed by atoms with Crippen LogP contribution in [0.3, 0.4) is 0 Å². The van der Waals surface area contributed by atoms with Gasteiger partial charge in [-0.3, -0.25) is 0 Å². The number of alkyl halides is 3. The molecule has 0 amide bonds. The van der Waals surface area contributed by atoms with Crippen molar-refractivity contribution in [2.75, 3.05) is 0 Å². The molecule has 3 atom stereocenters. The lowest BCUT2D eigenvalue weighted by atomic mass is 10.0. The highest BCUT2D eigenvalue weighted by molar-refractivity contribution is 5.27. The number of benzene rings is 1. The molecule has 0 saturated heterocycles. The molecule has 20 heavy (non-hydrogen) atoms. The summed E-state index contributed by atoms with van der Waals surface area (Å²) >= 11 is 0. The third kappa shape index (κ3) is 3.31. The van der Waals surface area contributed by atoms with Gasteiger partial charge in [0.05, 0.1) is 17.6 Å². The second-order valence-corrected chi connectivity index (χ2v) is 5.28. The summed E-state index contributed by atoms with van der Waals surface area (Å²) in [5.74, 6) is -0.0387. The van der Waals surface area contributed by atoms with Crippen LogP contribution in [0, 0.1) is 17.2 Å². The maximum atomic E-state index is 12.7. The largest absolute Gasteiger partial charge is 0.416 e. The zero-order valence-electron chi connectivity index (χ0n) is 11.2. The lowest BCUT2D eigenvalue weighted by Crippen LogP contribution is -2.34. The van der Waals surface area contributed by atoms with E-state index in [1.807, 2.05) is 6.92 Å². The van der Waals surface area contributed by atoms with Crippen LogP contribution in [0.2, 0.25) is 0 Å². The summed E-state index contributed by atoms with van der Waals surface area (Å²) in [6.07, 6.45) is -1.56. The second kappa shape index (κ2) is 5.84. The van der Waals surface area contributed by atoms with Gasteiger partial charge in [0.25, 0.3) is 0 Å². The van der Waals surface area contributed by atoms with Crippen LogP contribution in [0.5, 0.6) is 0 Å². The van der Waals surface area contributed by atoms with Crippen LogP contribution >= 0.6 is 0 Å². The molecule has 1 aromatic rings. The van der Waals surface area contributed by atoms with Crippen LogP contribution in [0.25, 0.3) is 0 Å². The summed E-state index contributed by atoms with van der Waals surface area (Å²) < 4.78 is 38.1. The molecular formula is C15H17F3N2. The van der Waals surface area contributed by atoms with Crippen molar-refractivity contribution in [3.8, 4) is 6.07 Å². The number of hydrogen-bond acceptors (Lipinski definition) is 2. The minimum absolute atomic E-state index is 0.0387. The Bertz CT molecular complexity index is 505. The van der Waals surface area contributed by atoms with Gasteiger partial charge in [0.2, 0.25) is 0 Å². The molecule has 1 aliphatic rings. The van der Waals surface area contributed by atoms with Crippen molar-refractivity contribution in [3.05, 3.63) is 35.4 Å². The molecule has 108 valence electrons. The van der Waals surface area contributed by atoms with Gasteiger partial charge in [0.1, 0.15) is 0 Å². The highest BCUT2D eigenvalue weighted by Gasteiger charge is 2.31. The first-order valence-electron chi connectivity index (χ1n) is 6.74. The van der Waals surface area contributed by atoms with Gasteiger partial charge in [-0.1, -0.05) is 18.6 Å². The smallest absolute Gasteiger partial charge is 0.306 e. The standard InChI is InChI=1S/C15H17F3N2/c1-10(20-14-7-3-5-12(14)9-19)11-4-2-6-13(8-11)15(16,17)18/h2,4,6,8,10,12,14,20H,3,5,7H2,1H3. The van der Waals surface area contributed by atoms with Crippen LogP contribution in [0.4, 0.5) is 13.2 Å². The van der Waals surface area contributed by atoms with Gasteiger partial charge in [-0.2, -0.15) is 18.4 Å². The Morgan fingerprint density at radius 2 is 2.10 bits per heavy atom. The number of nitrogens with zero attached hydrogens (tertiary/aromatic N) is 1.